The van der Waals surface area contributed by atoms with Gasteiger partial charge in [-0.3, -0.25) is 9.59 Å². The molecule has 4 rings (SSSR count). The van der Waals surface area contributed by atoms with E-state index < -0.39 is 0 Å². The zero-order valence-corrected chi connectivity index (χ0v) is 16.5. The summed E-state index contributed by atoms with van der Waals surface area (Å²) >= 11 is 0. The molecule has 1 heterocycles. The van der Waals surface area contributed by atoms with E-state index in [1.54, 1.807) is 0 Å². The highest BCUT2D eigenvalue weighted by Gasteiger charge is 2.19. The molecular formula is C27H22O3. The molecule has 4 aromatic rings. The van der Waals surface area contributed by atoms with Crippen molar-refractivity contribution in [3.8, 4) is 11.3 Å². The highest BCUT2D eigenvalue weighted by atomic mass is 16.3. The van der Waals surface area contributed by atoms with Crippen LogP contribution in [0, 0.1) is 0 Å². The van der Waals surface area contributed by atoms with Gasteiger partial charge in [-0.25, -0.2) is 0 Å². The molecule has 0 aliphatic heterocycles. The number of hydrogen-bond donors (Lipinski definition) is 0. The third-order valence-electron chi connectivity index (χ3n) is 5.12. The summed E-state index contributed by atoms with van der Waals surface area (Å²) in [6.45, 7) is 0. The third kappa shape index (κ3) is 4.81. The largest absolute Gasteiger partial charge is 0.461 e. The van der Waals surface area contributed by atoms with E-state index in [4.69, 9.17) is 4.42 Å². The number of rotatable bonds is 7. The van der Waals surface area contributed by atoms with Gasteiger partial charge >= 0.3 is 0 Å². The minimum absolute atomic E-state index is 0.0750. The van der Waals surface area contributed by atoms with Crippen molar-refractivity contribution in [2.75, 3.05) is 0 Å². The van der Waals surface area contributed by atoms with Gasteiger partial charge in [0.25, 0.3) is 0 Å². The zero-order chi connectivity index (χ0) is 20.8. The molecule has 30 heavy (non-hydrogen) atoms. The Morgan fingerprint density at radius 2 is 1.37 bits per heavy atom. The predicted octanol–water partition coefficient (Wildman–Crippen LogP) is 5.91. The summed E-state index contributed by atoms with van der Waals surface area (Å²) in [5.74, 6) is 1.11. The van der Waals surface area contributed by atoms with E-state index in [9.17, 15) is 9.59 Å². The van der Waals surface area contributed by atoms with Gasteiger partial charge in [-0.1, -0.05) is 91.0 Å². The molecule has 0 spiro atoms. The lowest BCUT2D eigenvalue weighted by Gasteiger charge is -2.17. The van der Waals surface area contributed by atoms with Crippen LogP contribution in [-0.4, -0.2) is 5.78 Å². The average molecular weight is 394 g/mol. The molecule has 0 N–H and O–H groups in total. The fraction of sp³-hybridized carbons (Fsp3) is 0.111. The maximum Gasteiger partial charge on any atom is 0.185 e. The van der Waals surface area contributed by atoms with Crippen molar-refractivity contribution in [1.82, 2.24) is 0 Å². The average Bonchev–Trinajstić information content (AvgIpc) is 2.80. The number of Topliss-reactive ketones (excluding diaryl/α,β-unsaturated/α-hetero) is 1. The molecule has 3 aromatic carbocycles. The summed E-state index contributed by atoms with van der Waals surface area (Å²) in [6, 6.07) is 31.8. The van der Waals surface area contributed by atoms with Crippen LogP contribution in [0.15, 0.2) is 112 Å². The molecule has 1 aromatic heterocycles. The van der Waals surface area contributed by atoms with Crippen LogP contribution in [0.5, 0.6) is 0 Å². The molecule has 1 unspecified atom stereocenters. The van der Waals surface area contributed by atoms with Gasteiger partial charge in [0.15, 0.2) is 11.2 Å². The van der Waals surface area contributed by atoms with E-state index in [1.165, 1.54) is 12.1 Å². The highest BCUT2D eigenvalue weighted by Crippen LogP contribution is 2.27. The minimum Gasteiger partial charge on any atom is -0.461 e. The summed E-state index contributed by atoms with van der Waals surface area (Å²) in [5.41, 5.74) is 2.50. The maximum absolute atomic E-state index is 12.9. The Morgan fingerprint density at radius 3 is 2.03 bits per heavy atom. The normalized spacial score (nSPS) is 11.7. The van der Waals surface area contributed by atoms with Gasteiger partial charge < -0.3 is 4.42 Å². The van der Waals surface area contributed by atoms with E-state index >= 15 is 0 Å². The first kappa shape index (κ1) is 19.6. The maximum atomic E-state index is 12.9. The van der Waals surface area contributed by atoms with Crippen molar-refractivity contribution >= 4 is 5.78 Å². The lowest BCUT2D eigenvalue weighted by molar-refractivity contribution is 0.0973. The van der Waals surface area contributed by atoms with Crippen molar-refractivity contribution in [2.45, 2.75) is 18.8 Å². The molecule has 0 amide bonds. The number of carbonyl (C=O) groups is 1. The second-order valence-corrected chi connectivity index (χ2v) is 7.29. The molecule has 3 heteroatoms. The van der Waals surface area contributed by atoms with Crippen LogP contribution in [0.1, 0.15) is 34.0 Å². The highest BCUT2D eigenvalue weighted by molar-refractivity contribution is 5.96. The standard InChI is InChI=1S/C27H22O3/c28-24-18-25(30-27(19-24)22-14-8-3-9-15-22)16-23(20-10-4-1-5-11-20)17-26(29)21-12-6-2-7-13-21/h1-15,18-19,23H,16-17H2. The summed E-state index contributed by atoms with van der Waals surface area (Å²) in [6.07, 6.45) is 0.811. The van der Waals surface area contributed by atoms with Gasteiger partial charge in [0.05, 0.1) is 0 Å². The van der Waals surface area contributed by atoms with Crippen LogP contribution in [0.25, 0.3) is 11.3 Å². The third-order valence-corrected chi connectivity index (χ3v) is 5.12. The Labute approximate surface area is 175 Å². The fourth-order valence-corrected chi connectivity index (χ4v) is 3.62. The fourth-order valence-electron chi connectivity index (χ4n) is 3.62. The van der Waals surface area contributed by atoms with Crippen molar-refractivity contribution in [1.29, 1.82) is 0 Å². The van der Waals surface area contributed by atoms with E-state index in [1.807, 2.05) is 91.0 Å². The van der Waals surface area contributed by atoms with Gasteiger partial charge in [0, 0.05) is 36.1 Å². The zero-order valence-electron chi connectivity index (χ0n) is 16.5. The first-order valence-corrected chi connectivity index (χ1v) is 10.0. The van der Waals surface area contributed by atoms with E-state index in [2.05, 4.69) is 0 Å². The molecule has 1 atom stereocenters. The topological polar surface area (TPSA) is 47.3 Å². The minimum atomic E-state index is -0.101. The molecule has 0 aliphatic rings. The Hall–Kier alpha value is -3.72. The van der Waals surface area contributed by atoms with Gasteiger partial charge in [0.2, 0.25) is 0 Å². The Bertz CT molecular complexity index is 1160. The first-order chi connectivity index (χ1) is 14.7. The number of ketones is 1. The van der Waals surface area contributed by atoms with Crippen LogP contribution in [-0.2, 0) is 6.42 Å². The molecule has 0 radical (unpaired) electrons. The molecule has 0 fully saturated rings. The second kappa shape index (κ2) is 9.19. The Balaban J connectivity index is 1.65. The van der Waals surface area contributed by atoms with Crippen molar-refractivity contribution < 1.29 is 9.21 Å². The van der Waals surface area contributed by atoms with E-state index in [0.29, 0.717) is 29.9 Å². The van der Waals surface area contributed by atoms with Gasteiger partial charge in [0.1, 0.15) is 11.5 Å². The first-order valence-electron chi connectivity index (χ1n) is 10.0. The quantitative estimate of drug-likeness (QED) is 0.366. The monoisotopic (exact) mass is 394 g/mol. The molecule has 0 bridgehead atoms. The lowest BCUT2D eigenvalue weighted by atomic mass is 9.88. The summed E-state index contributed by atoms with van der Waals surface area (Å²) < 4.78 is 6.07. The molecular weight excluding hydrogens is 372 g/mol. The number of hydrogen-bond acceptors (Lipinski definition) is 3. The van der Waals surface area contributed by atoms with Gasteiger partial charge in [-0.2, -0.15) is 0 Å². The molecule has 0 saturated carbocycles. The van der Waals surface area contributed by atoms with E-state index in [-0.39, 0.29) is 17.1 Å². The SMILES string of the molecule is O=C(CC(Cc1cc(=O)cc(-c2ccccc2)o1)c1ccccc1)c1ccccc1. The molecule has 148 valence electrons. The van der Waals surface area contributed by atoms with Crippen LogP contribution in [0.2, 0.25) is 0 Å². The summed E-state index contributed by atoms with van der Waals surface area (Å²) in [5, 5.41) is 0. The van der Waals surface area contributed by atoms with Gasteiger partial charge in [-0.05, 0) is 11.5 Å². The van der Waals surface area contributed by atoms with Crippen LogP contribution >= 0.6 is 0 Å². The van der Waals surface area contributed by atoms with Crippen molar-refractivity contribution in [3.05, 3.63) is 130 Å². The predicted molar refractivity (Wildman–Crippen MR) is 119 cm³/mol. The molecule has 0 aliphatic carbocycles. The summed E-state index contributed by atoms with van der Waals surface area (Å²) in [7, 11) is 0. The number of benzene rings is 3. The second-order valence-electron chi connectivity index (χ2n) is 7.29. The van der Waals surface area contributed by atoms with Crippen LogP contribution in [0.3, 0.4) is 0 Å². The Kier molecular flexibility index (Phi) is 6.00. The van der Waals surface area contributed by atoms with Crippen molar-refractivity contribution in [2.24, 2.45) is 0 Å². The van der Waals surface area contributed by atoms with Crippen LogP contribution in [0.4, 0.5) is 0 Å². The lowest BCUT2D eigenvalue weighted by Crippen LogP contribution is -2.12. The van der Waals surface area contributed by atoms with Crippen LogP contribution < -0.4 is 5.43 Å². The molecule has 3 nitrogen and oxygen atoms in total. The molecule has 0 saturated heterocycles. The van der Waals surface area contributed by atoms with E-state index in [0.717, 1.165) is 11.1 Å². The van der Waals surface area contributed by atoms with Crippen molar-refractivity contribution in [3.63, 3.8) is 0 Å². The smallest absolute Gasteiger partial charge is 0.185 e. The Morgan fingerprint density at radius 1 is 0.767 bits per heavy atom. The van der Waals surface area contributed by atoms with Gasteiger partial charge in [-0.15, -0.1) is 0 Å². The number of carbonyl (C=O) groups excluding carboxylic acids is 1. The summed E-state index contributed by atoms with van der Waals surface area (Å²) in [4.78, 5) is 25.2.